The van der Waals surface area contributed by atoms with E-state index in [0.29, 0.717) is 11.4 Å². The first kappa shape index (κ1) is 12.8. The van der Waals surface area contributed by atoms with Crippen molar-refractivity contribution in [3.05, 3.63) is 0 Å². The Kier molecular flexibility index (Phi) is 3.36. The first-order valence-electron chi connectivity index (χ1n) is 5.21. The van der Waals surface area contributed by atoms with E-state index in [1.165, 1.54) is 0 Å². The fourth-order valence-electron chi connectivity index (χ4n) is 2.18. The lowest BCUT2D eigenvalue weighted by Gasteiger charge is -2.46. The van der Waals surface area contributed by atoms with Gasteiger partial charge >= 0.3 is 6.30 Å². The van der Waals surface area contributed by atoms with Gasteiger partial charge in [-0.2, -0.15) is 13.2 Å². The van der Waals surface area contributed by atoms with Crippen LogP contribution in [0.4, 0.5) is 13.2 Å². The third-order valence-corrected chi connectivity index (χ3v) is 2.85. The fraction of sp³-hybridized carbons (Fsp3) is 1.00. The Morgan fingerprint density at radius 3 is 1.93 bits per heavy atom. The van der Waals surface area contributed by atoms with Crippen molar-refractivity contribution in [1.82, 2.24) is 9.80 Å². The van der Waals surface area contributed by atoms with Crippen LogP contribution in [0.5, 0.6) is 0 Å². The van der Waals surface area contributed by atoms with Crippen molar-refractivity contribution < 1.29 is 13.2 Å². The van der Waals surface area contributed by atoms with Crippen LogP contribution < -0.4 is 0 Å². The van der Waals surface area contributed by atoms with Crippen LogP contribution in [0.1, 0.15) is 27.7 Å². The quantitative estimate of drug-likeness (QED) is 0.583. The van der Waals surface area contributed by atoms with E-state index in [1.54, 1.807) is 0 Å². The van der Waals surface area contributed by atoms with E-state index in [0.717, 1.165) is 0 Å². The van der Waals surface area contributed by atoms with Gasteiger partial charge in [-0.25, -0.2) is 4.90 Å². The molecule has 0 aliphatic carbocycles. The van der Waals surface area contributed by atoms with Crippen LogP contribution in [0.25, 0.3) is 0 Å². The van der Waals surface area contributed by atoms with Crippen LogP contribution in [0.3, 0.4) is 0 Å². The van der Waals surface area contributed by atoms with Gasteiger partial charge in [0.1, 0.15) is 0 Å². The van der Waals surface area contributed by atoms with E-state index in [9.17, 15) is 13.2 Å². The first-order chi connectivity index (χ1) is 6.62. The summed E-state index contributed by atoms with van der Waals surface area (Å²) in [7, 11) is 0. The molecule has 0 unspecified atom stereocenters. The van der Waals surface area contributed by atoms with Crippen LogP contribution in [-0.2, 0) is 0 Å². The van der Waals surface area contributed by atoms with Gasteiger partial charge in [0, 0.05) is 31.2 Å². The molecule has 2 nitrogen and oxygen atoms in total. The summed E-state index contributed by atoms with van der Waals surface area (Å²) in [4.78, 5) is 2.72. The number of piperazine rings is 1. The highest BCUT2D eigenvalue weighted by molar-refractivity contribution is 4.87. The number of rotatable bonds is 0. The Hall–Kier alpha value is -0.290. The lowest BCUT2D eigenvalue weighted by Crippen LogP contribution is -2.60. The number of hydrogen-bond donors (Lipinski definition) is 0. The van der Waals surface area contributed by atoms with Crippen molar-refractivity contribution in [2.75, 3.05) is 19.6 Å². The van der Waals surface area contributed by atoms with Crippen molar-refractivity contribution in [3.8, 4) is 0 Å². The van der Waals surface area contributed by atoms with E-state index >= 15 is 0 Å². The highest BCUT2D eigenvalue weighted by Gasteiger charge is 2.42. The summed E-state index contributed by atoms with van der Waals surface area (Å²) in [5.41, 5.74) is -0.0584. The van der Waals surface area contributed by atoms with E-state index in [2.05, 4.69) is 4.90 Å². The Labute approximate surface area is 89.0 Å². The maximum Gasteiger partial charge on any atom is 0.460 e. The summed E-state index contributed by atoms with van der Waals surface area (Å²) >= 11 is 0. The number of hydrogen-bond acceptors (Lipinski definition) is 2. The van der Waals surface area contributed by atoms with Crippen molar-refractivity contribution in [1.29, 1.82) is 0 Å². The zero-order valence-electron chi connectivity index (χ0n) is 9.73. The molecule has 0 N–H and O–H groups in total. The largest absolute Gasteiger partial charge is 0.460 e. The van der Waals surface area contributed by atoms with Crippen LogP contribution >= 0.6 is 0 Å². The molecule has 1 atom stereocenters. The summed E-state index contributed by atoms with van der Waals surface area (Å²) in [6.45, 7) is 8.57. The SMILES string of the molecule is C[C@@H]1CN(C(F)(F)F)CCN1C(C)(C)C. The average Bonchev–Trinajstić information content (AvgIpc) is 1.99. The summed E-state index contributed by atoms with van der Waals surface area (Å²) < 4.78 is 37.3. The molecular weight excluding hydrogens is 205 g/mol. The second kappa shape index (κ2) is 3.94. The normalized spacial score (nSPS) is 27.0. The van der Waals surface area contributed by atoms with Gasteiger partial charge in [-0.15, -0.1) is 0 Å². The molecule has 0 spiro atoms. The maximum atomic E-state index is 12.4. The molecule has 0 radical (unpaired) electrons. The van der Waals surface area contributed by atoms with Crippen molar-refractivity contribution in [2.45, 2.75) is 45.6 Å². The summed E-state index contributed by atoms with van der Waals surface area (Å²) in [5, 5.41) is 0. The molecule has 0 saturated carbocycles. The topological polar surface area (TPSA) is 6.48 Å². The van der Waals surface area contributed by atoms with E-state index in [1.807, 2.05) is 27.7 Å². The fourth-order valence-corrected chi connectivity index (χ4v) is 2.18. The third kappa shape index (κ3) is 3.08. The first-order valence-corrected chi connectivity index (χ1v) is 5.21. The van der Waals surface area contributed by atoms with Crippen molar-refractivity contribution in [3.63, 3.8) is 0 Å². The minimum atomic E-state index is -4.18. The lowest BCUT2D eigenvalue weighted by molar-refractivity contribution is -0.259. The predicted octanol–water partition coefficient (Wildman–Crippen LogP) is 2.31. The Morgan fingerprint density at radius 1 is 1.07 bits per heavy atom. The van der Waals surface area contributed by atoms with Gasteiger partial charge in [0.05, 0.1) is 0 Å². The molecule has 1 rings (SSSR count). The van der Waals surface area contributed by atoms with E-state index in [4.69, 9.17) is 0 Å². The van der Waals surface area contributed by atoms with Gasteiger partial charge in [0.15, 0.2) is 0 Å². The molecule has 0 aromatic rings. The molecule has 5 heteroatoms. The predicted molar refractivity (Wildman–Crippen MR) is 53.5 cm³/mol. The van der Waals surface area contributed by atoms with Crippen LogP contribution in [0, 0.1) is 0 Å². The molecular formula is C10H19F3N2. The van der Waals surface area contributed by atoms with Gasteiger partial charge < -0.3 is 0 Å². The summed E-state index contributed by atoms with van der Waals surface area (Å²) in [5.74, 6) is 0. The van der Waals surface area contributed by atoms with E-state index in [-0.39, 0.29) is 24.7 Å². The molecule has 0 aromatic heterocycles. The smallest absolute Gasteiger partial charge is 0.293 e. The van der Waals surface area contributed by atoms with Crippen LogP contribution in [0.15, 0.2) is 0 Å². The molecule has 1 saturated heterocycles. The minimum Gasteiger partial charge on any atom is -0.293 e. The molecule has 0 bridgehead atoms. The monoisotopic (exact) mass is 224 g/mol. The lowest BCUT2D eigenvalue weighted by atomic mass is 10.0. The van der Waals surface area contributed by atoms with Gasteiger partial charge in [0.25, 0.3) is 0 Å². The summed E-state index contributed by atoms with van der Waals surface area (Å²) in [6, 6.07) is -0.0552. The standard InChI is InChI=1S/C10H19F3N2/c1-8-7-14(10(11,12)13)5-6-15(8)9(2,3)4/h8H,5-7H2,1-4H3/t8-/m1/s1. The molecule has 1 aliphatic rings. The van der Waals surface area contributed by atoms with Gasteiger partial charge in [-0.3, -0.25) is 4.90 Å². The maximum absolute atomic E-state index is 12.4. The van der Waals surface area contributed by atoms with Gasteiger partial charge in [-0.1, -0.05) is 0 Å². The second-order valence-electron chi connectivity index (χ2n) is 5.13. The number of nitrogens with zero attached hydrogens (tertiary/aromatic N) is 2. The molecule has 0 amide bonds. The van der Waals surface area contributed by atoms with Gasteiger partial charge in [0.2, 0.25) is 0 Å². The second-order valence-corrected chi connectivity index (χ2v) is 5.13. The zero-order chi connectivity index (χ0) is 11.9. The third-order valence-electron chi connectivity index (χ3n) is 2.85. The molecule has 90 valence electrons. The van der Waals surface area contributed by atoms with Gasteiger partial charge in [-0.05, 0) is 27.7 Å². The highest BCUT2D eigenvalue weighted by Crippen LogP contribution is 2.27. The number of halogens is 3. The molecule has 1 fully saturated rings. The average molecular weight is 224 g/mol. The molecule has 0 aromatic carbocycles. The Morgan fingerprint density at radius 2 is 1.60 bits per heavy atom. The minimum absolute atomic E-state index is 0.0552. The van der Waals surface area contributed by atoms with Crippen molar-refractivity contribution >= 4 is 0 Å². The van der Waals surface area contributed by atoms with Crippen LogP contribution in [-0.4, -0.2) is 47.3 Å². The summed E-state index contributed by atoms with van der Waals surface area (Å²) in [6.07, 6.45) is -4.18. The number of alkyl halides is 3. The van der Waals surface area contributed by atoms with E-state index < -0.39 is 6.30 Å². The molecule has 1 aliphatic heterocycles. The van der Waals surface area contributed by atoms with Crippen LogP contribution in [0.2, 0.25) is 0 Å². The Balaban J connectivity index is 2.64. The van der Waals surface area contributed by atoms with Crippen molar-refractivity contribution in [2.24, 2.45) is 0 Å². The highest BCUT2D eigenvalue weighted by atomic mass is 19.4. The zero-order valence-corrected chi connectivity index (χ0v) is 9.73. The Bertz CT molecular complexity index is 220. The molecule has 1 heterocycles. The molecule has 15 heavy (non-hydrogen) atoms.